The van der Waals surface area contributed by atoms with Crippen LogP contribution in [0, 0.1) is 6.92 Å². The first-order valence-corrected chi connectivity index (χ1v) is 9.17. The number of benzene rings is 2. The van der Waals surface area contributed by atoms with Crippen LogP contribution in [0.4, 0.5) is 5.69 Å². The first-order chi connectivity index (χ1) is 9.81. The van der Waals surface area contributed by atoms with Crippen molar-refractivity contribution in [3.8, 4) is 0 Å². The molecule has 0 fully saturated rings. The van der Waals surface area contributed by atoms with Gasteiger partial charge in [0.25, 0.3) is 0 Å². The second kappa shape index (κ2) is 6.48. The smallest absolute Gasteiger partial charge is 0.242 e. The highest BCUT2D eigenvalue weighted by Crippen LogP contribution is 2.26. The number of nitrogen functional groups attached to an aromatic ring is 1. The highest BCUT2D eigenvalue weighted by Gasteiger charge is 2.18. The minimum atomic E-state index is -3.61. The van der Waals surface area contributed by atoms with E-state index < -0.39 is 10.0 Å². The fraction of sp³-hybridized carbons (Fsp3) is 0.143. The zero-order valence-corrected chi connectivity index (χ0v) is 15.2. The molecule has 3 N–H and O–H groups in total. The molecule has 0 atom stereocenters. The predicted octanol–water partition coefficient (Wildman–Crippen LogP) is 3.58. The van der Waals surface area contributed by atoms with Crippen LogP contribution in [-0.2, 0) is 16.6 Å². The summed E-state index contributed by atoms with van der Waals surface area (Å²) in [6.07, 6.45) is 0. The molecule has 0 aliphatic carbocycles. The molecule has 0 spiro atoms. The molecule has 2 aromatic carbocycles. The van der Waals surface area contributed by atoms with E-state index in [0.717, 1.165) is 11.1 Å². The molecule has 0 unspecified atom stereocenters. The molecule has 0 amide bonds. The van der Waals surface area contributed by atoms with Crippen molar-refractivity contribution in [1.82, 2.24) is 4.72 Å². The quantitative estimate of drug-likeness (QED) is 0.723. The molecular weight excluding hydrogens is 420 g/mol. The van der Waals surface area contributed by atoms with Crippen molar-refractivity contribution in [1.29, 1.82) is 0 Å². The molecule has 4 nitrogen and oxygen atoms in total. The summed E-state index contributed by atoms with van der Waals surface area (Å²) in [6, 6.07) is 10.5. The van der Waals surface area contributed by atoms with E-state index in [1.165, 1.54) is 0 Å². The Labute approximate surface area is 141 Å². The molecule has 21 heavy (non-hydrogen) atoms. The van der Waals surface area contributed by atoms with Gasteiger partial charge >= 0.3 is 0 Å². The maximum Gasteiger partial charge on any atom is 0.242 e. The number of halogens is 2. The van der Waals surface area contributed by atoms with Gasteiger partial charge in [-0.3, -0.25) is 0 Å². The highest BCUT2D eigenvalue weighted by atomic mass is 79.9. The van der Waals surface area contributed by atoms with Gasteiger partial charge in [-0.1, -0.05) is 28.1 Å². The summed E-state index contributed by atoms with van der Waals surface area (Å²) in [7, 11) is -3.61. The van der Waals surface area contributed by atoms with E-state index in [9.17, 15) is 8.42 Å². The molecule has 7 heteroatoms. The molecule has 0 aromatic heterocycles. The third-order valence-corrected chi connectivity index (χ3v) is 6.01. The maximum atomic E-state index is 12.4. The number of anilines is 1. The average molecular weight is 434 g/mol. The SMILES string of the molecule is Cc1c(N)cccc1CNS(=O)(=O)c1cc(Br)ccc1Br. The molecule has 0 heterocycles. The summed E-state index contributed by atoms with van der Waals surface area (Å²) in [5.41, 5.74) is 8.21. The van der Waals surface area contributed by atoms with Crippen molar-refractivity contribution in [2.75, 3.05) is 5.73 Å². The lowest BCUT2D eigenvalue weighted by Crippen LogP contribution is -2.24. The van der Waals surface area contributed by atoms with E-state index in [4.69, 9.17) is 5.73 Å². The Bertz CT molecular complexity index is 777. The van der Waals surface area contributed by atoms with Crippen LogP contribution in [0.25, 0.3) is 0 Å². The van der Waals surface area contributed by atoms with Crippen molar-refractivity contribution in [2.24, 2.45) is 0 Å². The molecule has 0 saturated carbocycles. The van der Waals surface area contributed by atoms with Gasteiger partial charge in [-0.05, 0) is 58.2 Å². The average Bonchev–Trinajstić information content (AvgIpc) is 2.43. The normalized spacial score (nSPS) is 11.6. The van der Waals surface area contributed by atoms with E-state index in [1.807, 2.05) is 13.0 Å². The molecule has 0 radical (unpaired) electrons. The van der Waals surface area contributed by atoms with Crippen molar-refractivity contribution in [3.63, 3.8) is 0 Å². The van der Waals surface area contributed by atoms with Crippen LogP contribution in [0.1, 0.15) is 11.1 Å². The van der Waals surface area contributed by atoms with Gasteiger partial charge in [-0.2, -0.15) is 0 Å². The number of hydrogen-bond donors (Lipinski definition) is 2. The summed E-state index contributed by atoms with van der Waals surface area (Å²) >= 11 is 6.53. The summed E-state index contributed by atoms with van der Waals surface area (Å²) in [4.78, 5) is 0.193. The third-order valence-electron chi connectivity index (χ3n) is 3.12. The molecule has 2 aromatic rings. The van der Waals surface area contributed by atoms with Crippen LogP contribution in [0.2, 0.25) is 0 Å². The van der Waals surface area contributed by atoms with Crippen molar-refractivity contribution in [2.45, 2.75) is 18.4 Å². The molecule has 0 aliphatic heterocycles. The van der Waals surface area contributed by atoms with E-state index in [-0.39, 0.29) is 11.4 Å². The maximum absolute atomic E-state index is 12.4. The third kappa shape index (κ3) is 3.85. The monoisotopic (exact) mass is 432 g/mol. The fourth-order valence-corrected chi connectivity index (χ4v) is 4.33. The zero-order chi connectivity index (χ0) is 15.6. The molecule has 112 valence electrons. The molecule has 2 rings (SSSR count). The van der Waals surface area contributed by atoms with Gasteiger partial charge in [0.15, 0.2) is 0 Å². The summed E-state index contributed by atoms with van der Waals surface area (Å²) in [6.45, 7) is 2.06. The van der Waals surface area contributed by atoms with Crippen LogP contribution in [0.3, 0.4) is 0 Å². The van der Waals surface area contributed by atoms with Gasteiger partial charge in [0.2, 0.25) is 10.0 Å². The lowest BCUT2D eigenvalue weighted by molar-refractivity contribution is 0.580. The van der Waals surface area contributed by atoms with Crippen LogP contribution in [0.15, 0.2) is 50.2 Å². The second-order valence-corrected chi connectivity index (χ2v) is 8.04. The second-order valence-electron chi connectivity index (χ2n) is 4.53. The topological polar surface area (TPSA) is 72.2 Å². The van der Waals surface area contributed by atoms with Gasteiger partial charge in [-0.15, -0.1) is 0 Å². The minimum absolute atomic E-state index is 0.193. The van der Waals surface area contributed by atoms with Gasteiger partial charge in [-0.25, -0.2) is 13.1 Å². The standard InChI is InChI=1S/C14H14Br2N2O2S/c1-9-10(3-2-4-13(9)17)8-18-21(19,20)14-7-11(15)5-6-12(14)16/h2-7,18H,8,17H2,1H3. The molecule has 0 bridgehead atoms. The Morgan fingerprint density at radius 2 is 1.90 bits per heavy atom. The van der Waals surface area contributed by atoms with E-state index in [1.54, 1.807) is 30.3 Å². The number of sulfonamides is 1. The Morgan fingerprint density at radius 1 is 1.19 bits per heavy atom. The van der Waals surface area contributed by atoms with Crippen LogP contribution in [-0.4, -0.2) is 8.42 Å². The van der Waals surface area contributed by atoms with Crippen LogP contribution >= 0.6 is 31.9 Å². The lowest BCUT2D eigenvalue weighted by atomic mass is 10.1. The van der Waals surface area contributed by atoms with Crippen molar-refractivity contribution in [3.05, 3.63) is 56.5 Å². The Hall–Kier alpha value is -0.890. The largest absolute Gasteiger partial charge is 0.399 e. The van der Waals surface area contributed by atoms with Crippen LogP contribution < -0.4 is 10.5 Å². The first kappa shape index (κ1) is 16.5. The number of rotatable bonds is 4. The molecule has 0 saturated heterocycles. The van der Waals surface area contributed by atoms with Gasteiger partial charge < -0.3 is 5.73 Å². The lowest BCUT2D eigenvalue weighted by Gasteiger charge is -2.11. The highest BCUT2D eigenvalue weighted by molar-refractivity contribution is 9.11. The van der Waals surface area contributed by atoms with E-state index >= 15 is 0 Å². The fourth-order valence-electron chi connectivity index (χ4n) is 1.83. The predicted molar refractivity (Wildman–Crippen MR) is 91.5 cm³/mol. The van der Waals surface area contributed by atoms with E-state index in [2.05, 4.69) is 36.6 Å². The zero-order valence-electron chi connectivity index (χ0n) is 11.2. The molecular formula is C14H14Br2N2O2S. The number of hydrogen-bond acceptors (Lipinski definition) is 3. The Kier molecular flexibility index (Phi) is 5.08. The van der Waals surface area contributed by atoms with E-state index in [0.29, 0.717) is 14.6 Å². The minimum Gasteiger partial charge on any atom is -0.399 e. The summed E-state index contributed by atoms with van der Waals surface area (Å²) < 4.78 is 28.6. The number of nitrogens with two attached hydrogens (primary N) is 1. The van der Waals surface area contributed by atoms with Crippen molar-refractivity contribution < 1.29 is 8.42 Å². The summed E-state index contributed by atoms with van der Waals surface area (Å²) in [5.74, 6) is 0. The Balaban J connectivity index is 2.26. The Morgan fingerprint density at radius 3 is 2.62 bits per heavy atom. The number of nitrogens with one attached hydrogen (secondary N) is 1. The van der Waals surface area contributed by atoms with Gasteiger partial charge in [0.1, 0.15) is 0 Å². The van der Waals surface area contributed by atoms with Gasteiger partial charge in [0, 0.05) is 21.2 Å². The summed E-state index contributed by atoms with van der Waals surface area (Å²) in [5, 5.41) is 0. The van der Waals surface area contributed by atoms with Crippen molar-refractivity contribution >= 4 is 47.6 Å². The van der Waals surface area contributed by atoms with Crippen LogP contribution in [0.5, 0.6) is 0 Å². The first-order valence-electron chi connectivity index (χ1n) is 6.10. The molecule has 0 aliphatic rings. The van der Waals surface area contributed by atoms with Gasteiger partial charge in [0.05, 0.1) is 4.90 Å².